The van der Waals surface area contributed by atoms with Gasteiger partial charge >= 0.3 is 5.97 Å². The number of aromatic nitrogens is 1. The second-order valence-electron chi connectivity index (χ2n) is 6.40. The normalized spacial score (nSPS) is 10.6. The molecule has 2 aromatic heterocycles. The molecule has 4 aromatic rings. The summed E-state index contributed by atoms with van der Waals surface area (Å²) in [5.74, 6) is -0.100. The van der Waals surface area contributed by atoms with E-state index in [1.165, 1.54) is 22.7 Å². The molecule has 2 N–H and O–H groups in total. The maximum absolute atomic E-state index is 12.5. The first kappa shape index (κ1) is 20.8. The monoisotopic (exact) mass is 453 g/mol. The predicted molar refractivity (Wildman–Crippen MR) is 124 cm³/mol. The molecule has 0 fully saturated rings. The third-order valence-corrected chi connectivity index (χ3v) is 5.99. The summed E-state index contributed by atoms with van der Waals surface area (Å²) in [7, 11) is 1.64. The predicted octanol–water partition coefficient (Wildman–Crippen LogP) is 5.54. The van der Waals surface area contributed by atoms with Crippen LogP contribution in [0.2, 0.25) is 0 Å². The second-order valence-corrected chi connectivity index (χ2v) is 8.18. The summed E-state index contributed by atoms with van der Waals surface area (Å²) in [6.07, 6.45) is 0. The molecule has 2 aromatic carbocycles. The number of nitrogens with one attached hydrogen (secondary N) is 2. The summed E-state index contributed by atoms with van der Waals surface area (Å²) in [5.41, 5.74) is 1.38. The van der Waals surface area contributed by atoms with Crippen LogP contribution >= 0.6 is 22.7 Å². The van der Waals surface area contributed by atoms with E-state index in [1.807, 2.05) is 41.8 Å². The number of thiazole rings is 1. The van der Waals surface area contributed by atoms with Crippen molar-refractivity contribution in [1.82, 2.24) is 4.98 Å². The van der Waals surface area contributed by atoms with Gasteiger partial charge in [0.1, 0.15) is 10.8 Å². The molecule has 2 heterocycles. The second kappa shape index (κ2) is 9.15. The van der Waals surface area contributed by atoms with Crippen LogP contribution in [0.25, 0.3) is 10.8 Å². The van der Waals surface area contributed by atoms with E-state index in [4.69, 9.17) is 9.47 Å². The van der Waals surface area contributed by atoms with Gasteiger partial charge in [-0.25, -0.2) is 9.78 Å². The fraction of sp³-hybridized carbons (Fsp3) is 0.136. The van der Waals surface area contributed by atoms with Gasteiger partial charge in [0.15, 0.2) is 10.8 Å². The van der Waals surface area contributed by atoms with Gasteiger partial charge in [-0.3, -0.25) is 4.79 Å². The number of carbonyl (C=O) groups is 2. The Morgan fingerprint density at radius 2 is 2.03 bits per heavy atom. The standard InChI is InChI=1S/C22H19N3O4S2/c1-3-29-21(27)18-20(25-19(26)14-9-10-30-12-14)31-22(24-18)23-15-7-8-16-13(11-15)5-4-6-17(16)28-2/h4-12H,3H2,1-2H3,(H,23,24)(H,25,26). The molecule has 0 aliphatic carbocycles. The largest absolute Gasteiger partial charge is 0.496 e. The van der Waals surface area contributed by atoms with E-state index in [0.717, 1.165) is 22.2 Å². The summed E-state index contributed by atoms with van der Waals surface area (Å²) >= 11 is 2.59. The van der Waals surface area contributed by atoms with Crippen LogP contribution in [-0.2, 0) is 4.74 Å². The number of fused-ring (bicyclic) bond motifs is 1. The third-order valence-electron chi connectivity index (χ3n) is 4.42. The minimum absolute atomic E-state index is 0.0698. The maximum atomic E-state index is 12.5. The average Bonchev–Trinajstić information content (AvgIpc) is 3.44. The van der Waals surface area contributed by atoms with Gasteiger partial charge in [-0.05, 0) is 48.0 Å². The number of esters is 1. The summed E-state index contributed by atoms with van der Waals surface area (Å²) in [6.45, 7) is 1.93. The number of ether oxygens (including phenoxy) is 2. The molecule has 31 heavy (non-hydrogen) atoms. The Hall–Kier alpha value is -3.43. The number of carbonyl (C=O) groups excluding carboxylic acids is 2. The highest BCUT2D eigenvalue weighted by Crippen LogP contribution is 2.33. The van der Waals surface area contributed by atoms with Crippen LogP contribution in [0, 0.1) is 0 Å². The minimum Gasteiger partial charge on any atom is -0.496 e. The number of nitrogens with zero attached hydrogens (tertiary/aromatic N) is 1. The van der Waals surface area contributed by atoms with Gasteiger partial charge in [-0.2, -0.15) is 11.3 Å². The molecule has 0 saturated heterocycles. The Morgan fingerprint density at radius 1 is 1.16 bits per heavy atom. The number of anilines is 3. The average molecular weight is 454 g/mol. The van der Waals surface area contributed by atoms with Crippen LogP contribution in [0.3, 0.4) is 0 Å². The molecule has 158 valence electrons. The third kappa shape index (κ3) is 4.52. The van der Waals surface area contributed by atoms with Crippen molar-refractivity contribution < 1.29 is 19.1 Å². The van der Waals surface area contributed by atoms with Crippen molar-refractivity contribution >= 4 is 61.1 Å². The molecule has 1 amide bonds. The van der Waals surface area contributed by atoms with Gasteiger partial charge in [-0.15, -0.1) is 0 Å². The Morgan fingerprint density at radius 3 is 2.77 bits per heavy atom. The molecular formula is C22H19N3O4S2. The quantitative estimate of drug-likeness (QED) is 0.357. The van der Waals surface area contributed by atoms with E-state index in [-0.39, 0.29) is 18.2 Å². The van der Waals surface area contributed by atoms with Crippen LogP contribution < -0.4 is 15.4 Å². The maximum Gasteiger partial charge on any atom is 0.360 e. The van der Waals surface area contributed by atoms with Crippen molar-refractivity contribution in [2.24, 2.45) is 0 Å². The van der Waals surface area contributed by atoms with Crippen molar-refractivity contribution in [1.29, 1.82) is 0 Å². The number of amides is 1. The lowest BCUT2D eigenvalue weighted by molar-refractivity contribution is 0.0521. The first-order valence-corrected chi connectivity index (χ1v) is 11.2. The molecule has 0 aliphatic rings. The summed E-state index contributed by atoms with van der Waals surface area (Å²) in [4.78, 5) is 29.2. The molecule has 4 rings (SSSR count). The van der Waals surface area contributed by atoms with Gasteiger partial charge in [0.05, 0.1) is 19.3 Å². The number of rotatable bonds is 7. The highest BCUT2D eigenvalue weighted by molar-refractivity contribution is 7.20. The fourth-order valence-corrected chi connectivity index (χ4v) is 4.50. The van der Waals surface area contributed by atoms with E-state index in [0.29, 0.717) is 15.7 Å². The van der Waals surface area contributed by atoms with Crippen LogP contribution in [0.4, 0.5) is 15.8 Å². The van der Waals surface area contributed by atoms with Crippen LogP contribution in [-0.4, -0.2) is 30.6 Å². The van der Waals surface area contributed by atoms with Gasteiger partial charge in [-0.1, -0.05) is 23.5 Å². The molecule has 0 saturated carbocycles. The Labute approximate surface area is 186 Å². The van der Waals surface area contributed by atoms with E-state index < -0.39 is 5.97 Å². The highest BCUT2D eigenvalue weighted by Gasteiger charge is 2.22. The number of methoxy groups -OCH3 is 1. The molecule has 0 atom stereocenters. The Bertz CT molecular complexity index is 1240. The van der Waals surface area contributed by atoms with Gasteiger partial charge < -0.3 is 20.1 Å². The lowest BCUT2D eigenvalue weighted by Gasteiger charge is -2.08. The lowest BCUT2D eigenvalue weighted by atomic mass is 10.1. The molecule has 0 bridgehead atoms. The molecule has 0 aliphatic heterocycles. The first-order chi connectivity index (χ1) is 15.1. The molecule has 7 nitrogen and oxygen atoms in total. The lowest BCUT2D eigenvalue weighted by Crippen LogP contribution is -2.14. The zero-order valence-electron chi connectivity index (χ0n) is 16.8. The number of hydrogen-bond acceptors (Lipinski definition) is 8. The summed E-state index contributed by atoms with van der Waals surface area (Å²) in [6, 6.07) is 13.4. The molecule has 0 spiro atoms. The Kier molecular flexibility index (Phi) is 6.15. The first-order valence-electron chi connectivity index (χ1n) is 9.44. The number of thiophene rings is 1. The van der Waals surface area contributed by atoms with Crippen LogP contribution in [0.5, 0.6) is 5.75 Å². The molecular weight excluding hydrogens is 434 g/mol. The minimum atomic E-state index is -0.587. The molecule has 9 heteroatoms. The summed E-state index contributed by atoms with van der Waals surface area (Å²) in [5, 5.41) is 12.3. The highest BCUT2D eigenvalue weighted by atomic mass is 32.1. The Balaban J connectivity index is 1.63. The van der Waals surface area contributed by atoms with Crippen LogP contribution in [0.1, 0.15) is 27.8 Å². The van der Waals surface area contributed by atoms with Gasteiger partial charge in [0, 0.05) is 16.5 Å². The van der Waals surface area contributed by atoms with Gasteiger partial charge in [0.2, 0.25) is 0 Å². The number of benzene rings is 2. The van der Waals surface area contributed by atoms with Crippen LogP contribution in [0.15, 0.2) is 53.2 Å². The van der Waals surface area contributed by atoms with Crippen molar-refractivity contribution in [3.63, 3.8) is 0 Å². The smallest absolute Gasteiger partial charge is 0.360 e. The summed E-state index contributed by atoms with van der Waals surface area (Å²) < 4.78 is 10.5. The molecule has 0 radical (unpaired) electrons. The topological polar surface area (TPSA) is 89.6 Å². The zero-order chi connectivity index (χ0) is 21.8. The van der Waals surface area contributed by atoms with Crippen molar-refractivity contribution in [3.05, 3.63) is 64.5 Å². The van der Waals surface area contributed by atoms with E-state index in [9.17, 15) is 9.59 Å². The molecule has 0 unspecified atom stereocenters. The zero-order valence-corrected chi connectivity index (χ0v) is 18.4. The van der Waals surface area contributed by atoms with E-state index >= 15 is 0 Å². The SMILES string of the molecule is CCOC(=O)c1nc(Nc2ccc3c(OC)cccc3c2)sc1NC(=O)c1ccsc1. The number of hydrogen-bond donors (Lipinski definition) is 2. The van der Waals surface area contributed by atoms with E-state index in [2.05, 4.69) is 15.6 Å². The van der Waals surface area contributed by atoms with Crippen molar-refractivity contribution in [2.75, 3.05) is 24.4 Å². The van der Waals surface area contributed by atoms with Crippen molar-refractivity contribution in [2.45, 2.75) is 6.92 Å². The van der Waals surface area contributed by atoms with E-state index in [1.54, 1.807) is 25.5 Å². The fourth-order valence-electron chi connectivity index (χ4n) is 3.00. The van der Waals surface area contributed by atoms with Crippen molar-refractivity contribution in [3.8, 4) is 5.75 Å². The van der Waals surface area contributed by atoms with Gasteiger partial charge in [0.25, 0.3) is 5.91 Å².